The normalized spacial score (nSPS) is 9.91. The van der Waals surface area contributed by atoms with Crippen LogP contribution in [0, 0.1) is 0 Å². The van der Waals surface area contributed by atoms with E-state index in [4.69, 9.17) is 11.6 Å². The van der Waals surface area contributed by atoms with Gasteiger partial charge in [-0.3, -0.25) is 4.98 Å². The molecule has 0 aromatic carbocycles. The van der Waals surface area contributed by atoms with Crippen molar-refractivity contribution in [2.45, 2.75) is 19.3 Å². The van der Waals surface area contributed by atoms with Crippen LogP contribution in [-0.2, 0) is 6.42 Å². The van der Waals surface area contributed by atoms with Gasteiger partial charge in [-0.15, -0.1) is 11.6 Å². The lowest BCUT2D eigenvalue weighted by Crippen LogP contribution is -1.86. The van der Waals surface area contributed by atoms with Gasteiger partial charge in [0.1, 0.15) is 0 Å². The zero-order valence-corrected chi connectivity index (χ0v) is 7.22. The number of unbranched alkanes of at least 4 members (excludes halogenated alkanes) is 1. The largest absolute Gasteiger partial charge is 0.264 e. The van der Waals surface area contributed by atoms with Gasteiger partial charge in [0.2, 0.25) is 0 Å². The van der Waals surface area contributed by atoms with Crippen molar-refractivity contribution in [3.05, 3.63) is 30.1 Å². The summed E-state index contributed by atoms with van der Waals surface area (Å²) in [6.07, 6.45) is 7.06. The molecule has 11 heavy (non-hydrogen) atoms. The summed E-state index contributed by atoms with van der Waals surface area (Å²) in [6.45, 7) is 0. The molecule has 0 fully saturated rings. The van der Waals surface area contributed by atoms with Gasteiger partial charge in [0.25, 0.3) is 0 Å². The molecule has 0 bridgehead atoms. The Bertz CT molecular complexity index is 186. The third-order valence-electron chi connectivity index (χ3n) is 1.57. The molecule has 0 N–H and O–H groups in total. The maximum Gasteiger partial charge on any atom is 0.0299 e. The van der Waals surface area contributed by atoms with Crippen molar-refractivity contribution in [3.8, 4) is 0 Å². The van der Waals surface area contributed by atoms with Crippen LogP contribution < -0.4 is 0 Å². The molecule has 1 aromatic rings. The molecule has 2 heteroatoms. The molecule has 0 aliphatic carbocycles. The summed E-state index contributed by atoms with van der Waals surface area (Å²) in [4.78, 5) is 4.03. The Hall–Kier alpha value is -0.560. The Kier molecular flexibility index (Phi) is 3.99. The van der Waals surface area contributed by atoms with E-state index < -0.39 is 0 Å². The number of aryl methyl sites for hydroxylation is 1. The van der Waals surface area contributed by atoms with Crippen molar-refractivity contribution in [3.63, 3.8) is 0 Å². The second kappa shape index (κ2) is 5.14. The van der Waals surface area contributed by atoms with Gasteiger partial charge in [-0.1, -0.05) is 6.07 Å². The van der Waals surface area contributed by atoms with E-state index in [-0.39, 0.29) is 0 Å². The van der Waals surface area contributed by atoms with Crippen molar-refractivity contribution in [1.82, 2.24) is 4.98 Å². The van der Waals surface area contributed by atoms with Crippen molar-refractivity contribution in [2.24, 2.45) is 0 Å². The fourth-order valence-corrected chi connectivity index (χ4v) is 1.16. The van der Waals surface area contributed by atoms with Crippen LogP contribution in [0.1, 0.15) is 18.4 Å². The summed E-state index contributed by atoms with van der Waals surface area (Å²) in [5.74, 6) is 0.764. The molecule has 0 aliphatic rings. The molecule has 60 valence electrons. The van der Waals surface area contributed by atoms with Crippen LogP contribution in [0.3, 0.4) is 0 Å². The Morgan fingerprint density at radius 3 is 2.91 bits per heavy atom. The molecule has 1 rings (SSSR count). The van der Waals surface area contributed by atoms with E-state index in [0.29, 0.717) is 0 Å². The molecular weight excluding hydrogens is 158 g/mol. The van der Waals surface area contributed by atoms with Gasteiger partial charge in [0.15, 0.2) is 0 Å². The van der Waals surface area contributed by atoms with Crippen molar-refractivity contribution in [2.75, 3.05) is 5.88 Å². The second-order valence-corrected chi connectivity index (χ2v) is 2.89. The molecule has 0 aliphatic heterocycles. The first-order valence-electron chi connectivity index (χ1n) is 3.88. The molecule has 1 nitrogen and oxygen atoms in total. The Labute approximate surface area is 72.4 Å². The van der Waals surface area contributed by atoms with E-state index >= 15 is 0 Å². The predicted octanol–water partition coefficient (Wildman–Crippen LogP) is 2.64. The Balaban J connectivity index is 2.28. The van der Waals surface area contributed by atoms with Crippen LogP contribution in [0.25, 0.3) is 0 Å². The number of hydrogen-bond donors (Lipinski definition) is 0. The summed E-state index contributed by atoms with van der Waals surface area (Å²) in [6, 6.07) is 4.07. The standard InChI is InChI=1S/C9H12ClN/c10-6-2-1-4-9-5-3-7-11-8-9/h3,5,7-8H,1-2,4,6H2. The zero-order valence-electron chi connectivity index (χ0n) is 6.46. The first-order valence-corrected chi connectivity index (χ1v) is 4.42. The highest BCUT2D eigenvalue weighted by Gasteiger charge is 1.90. The first-order chi connectivity index (χ1) is 5.43. The summed E-state index contributed by atoms with van der Waals surface area (Å²) in [7, 11) is 0. The van der Waals surface area contributed by atoms with Crippen LogP contribution in [0.5, 0.6) is 0 Å². The maximum atomic E-state index is 5.55. The molecule has 0 atom stereocenters. The fourth-order valence-electron chi connectivity index (χ4n) is 0.970. The average molecular weight is 170 g/mol. The quantitative estimate of drug-likeness (QED) is 0.499. The number of hydrogen-bond acceptors (Lipinski definition) is 1. The highest BCUT2D eigenvalue weighted by atomic mass is 35.5. The smallest absolute Gasteiger partial charge is 0.0299 e. The van der Waals surface area contributed by atoms with E-state index in [1.807, 2.05) is 12.3 Å². The van der Waals surface area contributed by atoms with Gasteiger partial charge in [-0.25, -0.2) is 0 Å². The number of pyridine rings is 1. The lowest BCUT2D eigenvalue weighted by molar-refractivity contribution is 0.797. The molecule has 0 radical (unpaired) electrons. The number of nitrogens with zero attached hydrogens (tertiary/aromatic N) is 1. The van der Waals surface area contributed by atoms with E-state index in [2.05, 4.69) is 11.1 Å². The van der Waals surface area contributed by atoms with E-state index in [0.717, 1.165) is 25.1 Å². The minimum absolute atomic E-state index is 0.764. The van der Waals surface area contributed by atoms with E-state index in [9.17, 15) is 0 Å². The van der Waals surface area contributed by atoms with Crippen LogP contribution in [0.4, 0.5) is 0 Å². The predicted molar refractivity (Wildman–Crippen MR) is 47.9 cm³/mol. The van der Waals surface area contributed by atoms with Gasteiger partial charge in [0.05, 0.1) is 0 Å². The summed E-state index contributed by atoms with van der Waals surface area (Å²) < 4.78 is 0. The van der Waals surface area contributed by atoms with Crippen LogP contribution in [0.2, 0.25) is 0 Å². The van der Waals surface area contributed by atoms with Gasteiger partial charge >= 0.3 is 0 Å². The van der Waals surface area contributed by atoms with Gasteiger partial charge in [0, 0.05) is 18.3 Å². The summed E-state index contributed by atoms with van der Waals surface area (Å²) in [5.41, 5.74) is 1.30. The minimum atomic E-state index is 0.764. The van der Waals surface area contributed by atoms with Gasteiger partial charge < -0.3 is 0 Å². The van der Waals surface area contributed by atoms with Crippen molar-refractivity contribution >= 4 is 11.6 Å². The number of aromatic nitrogens is 1. The van der Waals surface area contributed by atoms with Crippen LogP contribution in [-0.4, -0.2) is 10.9 Å². The molecular formula is C9H12ClN. The molecule has 0 amide bonds. The monoisotopic (exact) mass is 169 g/mol. The summed E-state index contributed by atoms with van der Waals surface area (Å²) >= 11 is 5.55. The number of halogens is 1. The molecule has 0 saturated carbocycles. The highest BCUT2D eigenvalue weighted by molar-refractivity contribution is 6.17. The number of alkyl halides is 1. The van der Waals surface area contributed by atoms with Gasteiger partial charge in [-0.05, 0) is 30.9 Å². The molecule has 0 spiro atoms. The first kappa shape index (κ1) is 8.54. The Morgan fingerprint density at radius 2 is 2.27 bits per heavy atom. The maximum absolute atomic E-state index is 5.55. The van der Waals surface area contributed by atoms with Crippen LogP contribution >= 0.6 is 11.6 Å². The minimum Gasteiger partial charge on any atom is -0.264 e. The Morgan fingerprint density at radius 1 is 1.36 bits per heavy atom. The fraction of sp³-hybridized carbons (Fsp3) is 0.444. The average Bonchev–Trinajstić information content (AvgIpc) is 2.07. The molecule has 0 saturated heterocycles. The molecule has 0 unspecified atom stereocenters. The van der Waals surface area contributed by atoms with E-state index in [1.165, 1.54) is 5.56 Å². The second-order valence-electron chi connectivity index (χ2n) is 2.51. The highest BCUT2D eigenvalue weighted by Crippen LogP contribution is 2.02. The van der Waals surface area contributed by atoms with Gasteiger partial charge in [-0.2, -0.15) is 0 Å². The number of rotatable bonds is 4. The third-order valence-corrected chi connectivity index (χ3v) is 1.84. The molecule has 1 aromatic heterocycles. The van der Waals surface area contributed by atoms with Crippen molar-refractivity contribution in [1.29, 1.82) is 0 Å². The summed E-state index contributed by atoms with van der Waals surface area (Å²) in [5, 5.41) is 0. The van der Waals surface area contributed by atoms with E-state index in [1.54, 1.807) is 6.20 Å². The lowest BCUT2D eigenvalue weighted by atomic mass is 10.1. The third kappa shape index (κ3) is 3.38. The molecule has 1 heterocycles. The topological polar surface area (TPSA) is 12.9 Å². The lowest BCUT2D eigenvalue weighted by Gasteiger charge is -1.97. The zero-order chi connectivity index (χ0) is 7.94. The SMILES string of the molecule is ClCCCCc1cccnc1. The van der Waals surface area contributed by atoms with Crippen molar-refractivity contribution < 1.29 is 0 Å². The van der Waals surface area contributed by atoms with Crippen LogP contribution in [0.15, 0.2) is 24.5 Å².